The highest BCUT2D eigenvalue weighted by molar-refractivity contribution is 14.1. The van der Waals surface area contributed by atoms with E-state index in [-0.39, 0.29) is 5.39 Å². The average Bonchev–Trinajstić information content (AvgIpc) is 3.05. The first-order valence-electron chi connectivity index (χ1n) is 7.16. The van der Waals surface area contributed by atoms with Crippen LogP contribution in [-0.4, -0.2) is 25.1 Å². The maximum Gasteiger partial charge on any atom is 0.0706 e. The maximum absolute atomic E-state index is 10.5. The van der Waals surface area contributed by atoms with Crippen LogP contribution >= 0.6 is 45.2 Å². The molecule has 0 radical (unpaired) electrons. The number of hydrogen-bond donors (Lipinski definition) is 1. The summed E-state index contributed by atoms with van der Waals surface area (Å²) in [5.41, 5.74) is 0.417. The molecule has 19 heavy (non-hydrogen) atoms. The van der Waals surface area contributed by atoms with E-state index in [1.54, 1.807) is 0 Å². The van der Waals surface area contributed by atoms with E-state index < -0.39 is 0 Å². The Balaban J connectivity index is 1.51. The number of hydrogen-bond acceptors (Lipinski definition) is 4. The van der Waals surface area contributed by atoms with Gasteiger partial charge in [0.25, 0.3) is 0 Å². The highest BCUT2D eigenvalue weighted by Crippen LogP contribution is 2.89. The lowest BCUT2D eigenvalue weighted by Gasteiger charge is -2.43. The number of rotatable bonds is 4. The average molecular weight is 488 g/mol. The van der Waals surface area contributed by atoms with Gasteiger partial charge in [-0.05, 0) is 59.7 Å². The number of halogens is 2. The van der Waals surface area contributed by atoms with E-state index >= 15 is 0 Å². The Labute approximate surface area is 139 Å². The zero-order valence-corrected chi connectivity index (χ0v) is 14.6. The van der Waals surface area contributed by atoms with Crippen LogP contribution in [0.2, 0.25) is 0 Å². The van der Waals surface area contributed by atoms with Crippen LogP contribution in [0.1, 0.15) is 12.8 Å². The van der Waals surface area contributed by atoms with Gasteiger partial charge < -0.3 is 10.4 Å². The van der Waals surface area contributed by atoms with Crippen LogP contribution < -0.4 is 0 Å². The second-order valence-corrected chi connectivity index (χ2v) is 9.91. The van der Waals surface area contributed by atoms with Crippen LogP contribution in [-0.2, 0) is 4.84 Å². The van der Waals surface area contributed by atoms with Gasteiger partial charge >= 0.3 is 0 Å². The maximum atomic E-state index is 10.5. The van der Waals surface area contributed by atoms with E-state index in [2.05, 4.69) is 45.2 Å². The third-order valence-electron chi connectivity index (χ3n) is 7.30. The Morgan fingerprint density at radius 2 is 2.00 bits per heavy atom. The quantitative estimate of drug-likeness (QED) is 0.376. The molecule has 6 saturated carbocycles. The van der Waals surface area contributed by atoms with Crippen LogP contribution in [0.25, 0.3) is 0 Å². The fourth-order valence-electron chi connectivity index (χ4n) is 7.49. The minimum Gasteiger partial charge on any atom is -0.738 e. The fourth-order valence-corrected chi connectivity index (χ4v) is 11.8. The lowest BCUT2D eigenvalue weighted by molar-refractivity contribution is -0.308. The Kier molecular flexibility index (Phi) is 2.55. The molecule has 0 aliphatic heterocycles. The van der Waals surface area contributed by atoms with Gasteiger partial charge in [-0.15, -0.1) is 5.39 Å². The van der Waals surface area contributed by atoms with Crippen molar-refractivity contribution in [1.29, 1.82) is 0 Å². The molecule has 106 valence electrons. The van der Waals surface area contributed by atoms with Crippen molar-refractivity contribution in [2.45, 2.75) is 20.7 Å². The second-order valence-electron chi connectivity index (χ2n) is 7.13. The third-order valence-corrected chi connectivity index (χ3v) is 10.9. The monoisotopic (exact) mass is 488 g/mol. The van der Waals surface area contributed by atoms with Crippen LogP contribution in [0.4, 0.5) is 0 Å². The van der Waals surface area contributed by atoms with Crippen LogP contribution in [0.5, 0.6) is 0 Å². The van der Waals surface area contributed by atoms with E-state index in [4.69, 9.17) is 10.0 Å². The molecule has 6 fully saturated rings. The fraction of sp³-hybridized carbons (Fsp3) is 1.00. The molecule has 6 aliphatic rings. The first-order valence-corrected chi connectivity index (χ1v) is 9.65. The Morgan fingerprint density at radius 3 is 2.74 bits per heavy atom. The zero-order valence-electron chi connectivity index (χ0n) is 10.3. The summed E-state index contributed by atoms with van der Waals surface area (Å²) >= 11 is 5.43. The van der Waals surface area contributed by atoms with Crippen molar-refractivity contribution in [1.82, 2.24) is 5.39 Å². The molecule has 0 aromatic rings. The molecule has 0 amide bonds. The van der Waals surface area contributed by atoms with Crippen molar-refractivity contribution in [3.63, 3.8) is 0 Å². The molecule has 6 heteroatoms. The predicted octanol–water partition coefficient (Wildman–Crippen LogP) is 2.86. The highest BCUT2D eigenvalue weighted by atomic mass is 127. The molecule has 0 unspecified atom stereocenters. The Morgan fingerprint density at radius 1 is 1.21 bits per heavy atom. The molecule has 6 rings (SSSR count). The highest BCUT2D eigenvalue weighted by Gasteiger charge is 2.87. The van der Waals surface area contributed by atoms with Crippen molar-refractivity contribution in [3.05, 3.63) is 5.21 Å². The Hall–Kier alpha value is 1.30. The van der Waals surface area contributed by atoms with Gasteiger partial charge in [-0.1, -0.05) is 45.2 Å². The van der Waals surface area contributed by atoms with Crippen molar-refractivity contribution in [2.24, 2.45) is 46.8 Å². The summed E-state index contributed by atoms with van der Waals surface area (Å²) in [5, 5.41) is 18.8. The molecule has 10 atom stereocenters. The van der Waals surface area contributed by atoms with Crippen LogP contribution in [0, 0.1) is 52.0 Å². The minimum atomic E-state index is -0.371. The first kappa shape index (κ1) is 12.8. The summed E-state index contributed by atoms with van der Waals surface area (Å²) in [5.74, 6) is 6.62. The summed E-state index contributed by atoms with van der Waals surface area (Å²) in [6, 6.07) is 0. The van der Waals surface area contributed by atoms with E-state index in [1.165, 1.54) is 6.42 Å². The van der Waals surface area contributed by atoms with E-state index in [0.717, 1.165) is 55.7 Å². The zero-order chi connectivity index (χ0) is 13.1. The van der Waals surface area contributed by atoms with Crippen molar-refractivity contribution in [3.8, 4) is 0 Å². The summed E-state index contributed by atoms with van der Waals surface area (Å²) in [4.78, 5) is 4.78. The molecule has 1 N–H and O–H groups in total. The van der Waals surface area contributed by atoms with E-state index in [9.17, 15) is 5.21 Å². The van der Waals surface area contributed by atoms with Gasteiger partial charge in [-0.3, -0.25) is 4.84 Å². The van der Waals surface area contributed by atoms with Gasteiger partial charge in [0, 0.05) is 7.85 Å². The van der Waals surface area contributed by atoms with Gasteiger partial charge in [0.05, 0.1) is 6.61 Å². The smallest absolute Gasteiger partial charge is 0.0706 e. The number of nitrogens with zero attached hydrogens (tertiary/aromatic N) is 1. The molecule has 4 nitrogen and oxygen atoms in total. The van der Waals surface area contributed by atoms with Crippen LogP contribution in [0.3, 0.4) is 0 Å². The predicted molar refractivity (Wildman–Crippen MR) is 84.7 cm³/mol. The SMILES string of the molecule is [O-]N(O)OCC[C@@]12[C@H]3[C@@H](I)[C@H]4[C@H]5C[C@H]([C@@H]([C@H]53)[C@H]1I)[C@@H]42. The van der Waals surface area contributed by atoms with Gasteiger partial charge in [-0.25, -0.2) is 0 Å². The molecule has 0 aromatic heterocycles. The van der Waals surface area contributed by atoms with Crippen molar-refractivity contribution >= 4 is 45.2 Å². The summed E-state index contributed by atoms with van der Waals surface area (Å²) in [6.45, 7) is 0.374. The molecule has 6 bridgehead atoms. The van der Waals surface area contributed by atoms with Crippen LogP contribution in [0.15, 0.2) is 0 Å². The van der Waals surface area contributed by atoms with Crippen molar-refractivity contribution in [2.75, 3.05) is 6.61 Å². The molecule has 0 aromatic carbocycles. The Bertz CT molecular complexity index is 446. The van der Waals surface area contributed by atoms with E-state index in [0.29, 0.717) is 12.0 Å². The second kappa shape index (κ2) is 3.79. The normalized spacial score (nSPS) is 66.5. The lowest BCUT2D eigenvalue weighted by Crippen LogP contribution is -2.41. The minimum absolute atomic E-state index is 0.371. The summed E-state index contributed by atoms with van der Waals surface area (Å²) < 4.78 is 1.62. The molecular weight excluding hydrogens is 472 g/mol. The first-order chi connectivity index (χ1) is 9.09. The molecule has 0 saturated heterocycles. The van der Waals surface area contributed by atoms with Crippen molar-refractivity contribution < 1.29 is 10.0 Å². The van der Waals surface area contributed by atoms with Gasteiger partial charge in [0.15, 0.2) is 0 Å². The molecule has 0 spiro atoms. The number of alkyl halides is 2. The molecule has 6 aliphatic carbocycles. The third kappa shape index (κ3) is 1.17. The van der Waals surface area contributed by atoms with Gasteiger partial charge in [0.2, 0.25) is 0 Å². The largest absolute Gasteiger partial charge is 0.738 e. The van der Waals surface area contributed by atoms with Gasteiger partial charge in [-0.2, -0.15) is 0 Å². The standard InChI is InChI=1S/C13H16I2NO3/c14-11-8-4-3-5-7-6(4)10(11)13(9(5)8,12(7)15)1-2-19-16(17)18/h4-12,17H,1-3H2/q-1/t4-,5+,6-,7-,8-,9-,10+,11-,12+,13+/m0/s1. The molecular formula is C13H16I2NO3-. The summed E-state index contributed by atoms with van der Waals surface area (Å²) in [6.07, 6.45) is 2.44. The molecule has 0 heterocycles. The van der Waals surface area contributed by atoms with Gasteiger partial charge in [0.1, 0.15) is 0 Å². The topological polar surface area (TPSA) is 55.8 Å². The van der Waals surface area contributed by atoms with E-state index in [1.807, 2.05) is 0 Å². The summed E-state index contributed by atoms with van der Waals surface area (Å²) in [7, 11) is 0. The lowest BCUT2D eigenvalue weighted by atomic mass is 9.62.